The van der Waals surface area contributed by atoms with Crippen LogP contribution in [0.3, 0.4) is 0 Å². The first kappa shape index (κ1) is 17.4. The molecule has 20 heavy (non-hydrogen) atoms. The molecule has 0 bridgehead atoms. The van der Waals surface area contributed by atoms with Gasteiger partial charge in [-0.05, 0) is 31.2 Å². The summed E-state index contributed by atoms with van der Waals surface area (Å²) in [5, 5.41) is 1.04. The first-order valence-electron chi connectivity index (χ1n) is 7.96. The Morgan fingerprint density at radius 1 is 0.950 bits per heavy atom. The number of alkyl halides is 1. The van der Waals surface area contributed by atoms with Gasteiger partial charge in [-0.25, -0.2) is 0 Å². The van der Waals surface area contributed by atoms with Gasteiger partial charge in [-0.3, -0.25) is 4.79 Å². The maximum atomic E-state index is 12.0. The lowest BCUT2D eigenvalue weighted by Crippen LogP contribution is -1.99. The summed E-state index contributed by atoms with van der Waals surface area (Å²) in [4.78, 5) is 12.0. The standard InChI is InChI=1S/C18H27BrO/c1-2-3-4-6-9-16-11-13-17(14-12-16)18(20)10-7-5-8-15-19/h11-14H,2-10,15H2,1H3. The molecule has 1 rings (SSSR count). The van der Waals surface area contributed by atoms with E-state index in [1.807, 2.05) is 12.1 Å². The summed E-state index contributed by atoms with van der Waals surface area (Å²) in [5.41, 5.74) is 2.23. The van der Waals surface area contributed by atoms with Crippen LogP contribution >= 0.6 is 15.9 Å². The van der Waals surface area contributed by atoms with Crippen molar-refractivity contribution < 1.29 is 4.79 Å². The number of unbranched alkanes of at least 4 members (excludes halogenated alkanes) is 5. The lowest BCUT2D eigenvalue weighted by molar-refractivity contribution is 0.0979. The van der Waals surface area contributed by atoms with E-state index in [9.17, 15) is 4.79 Å². The fourth-order valence-corrected chi connectivity index (χ4v) is 2.71. The van der Waals surface area contributed by atoms with Crippen LogP contribution in [0.1, 0.15) is 74.2 Å². The highest BCUT2D eigenvalue weighted by atomic mass is 79.9. The average Bonchev–Trinajstić information content (AvgIpc) is 2.48. The summed E-state index contributed by atoms with van der Waals surface area (Å²) in [6.45, 7) is 2.23. The molecule has 0 radical (unpaired) electrons. The minimum Gasteiger partial charge on any atom is -0.294 e. The van der Waals surface area contributed by atoms with Gasteiger partial charge in [-0.2, -0.15) is 0 Å². The van der Waals surface area contributed by atoms with Crippen molar-refractivity contribution in [3.05, 3.63) is 35.4 Å². The third-order valence-electron chi connectivity index (χ3n) is 3.63. The van der Waals surface area contributed by atoms with Crippen molar-refractivity contribution in [1.29, 1.82) is 0 Å². The SMILES string of the molecule is CCCCCCc1ccc(C(=O)CCCCCBr)cc1. The molecule has 0 aromatic heterocycles. The van der Waals surface area contributed by atoms with Crippen molar-refractivity contribution in [2.45, 2.75) is 64.7 Å². The number of benzene rings is 1. The van der Waals surface area contributed by atoms with Gasteiger partial charge in [0.2, 0.25) is 0 Å². The molecule has 0 amide bonds. The van der Waals surface area contributed by atoms with Gasteiger partial charge >= 0.3 is 0 Å². The Balaban J connectivity index is 2.31. The van der Waals surface area contributed by atoms with Crippen LogP contribution in [0.2, 0.25) is 0 Å². The molecule has 0 aliphatic heterocycles. The van der Waals surface area contributed by atoms with Crippen LogP contribution in [0.15, 0.2) is 24.3 Å². The van der Waals surface area contributed by atoms with Crippen LogP contribution in [0, 0.1) is 0 Å². The highest BCUT2D eigenvalue weighted by molar-refractivity contribution is 9.09. The molecule has 0 saturated heterocycles. The first-order valence-corrected chi connectivity index (χ1v) is 9.08. The maximum Gasteiger partial charge on any atom is 0.162 e. The Labute approximate surface area is 132 Å². The van der Waals surface area contributed by atoms with E-state index in [0.717, 1.165) is 36.6 Å². The molecule has 0 heterocycles. The van der Waals surface area contributed by atoms with Crippen LogP contribution in [0.25, 0.3) is 0 Å². The molecular weight excluding hydrogens is 312 g/mol. The van der Waals surface area contributed by atoms with Gasteiger partial charge in [-0.15, -0.1) is 0 Å². The molecule has 0 aliphatic rings. The van der Waals surface area contributed by atoms with E-state index >= 15 is 0 Å². The number of rotatable bonds is 11. The Kier molecular flexibility index (Phi) is 9.65. The predicted octanol–water partition coefficient (Wildman–Crippen LogP) is 5.95. The first-order chi connectivity index (χ1) is 9.77. The van der Waals surface area contributed by atoms with E-state index < -0.39 is 0 Å². The summed E-state index contributed by atoms with van der Waals surface area (Å²) >= 11 is 3.41. The molecule has 0 N–H and O–H groups in total. The summed E-state index contributed by atoms with van der Waals surface area (Å²) < 4.78 is 0. The third-order valence-corrected chi connectivity index (χ3v) is 4.19. The highest BCUT2D eigenvalue weighted by Crippen LogP contribution is 2.13. The zero-order valence-corrected chi connectivity index (χ0v) is 14.3. The van der Waals surface area contributed by atoms with Crippen LogP contribution in [-0.4, -0.2) is 11.1 Å². The van der Waals surface area contributed by atoms with Crippen molar-refractivity contribution in [1.82, 2.24) is 0 Å². The summed E-state index contributed by atoms with van der Waals surface area (Å²) in [6.07, 6.45) is 10.3. The summed E-state index contributed by atoms with van der Waals surface area (Å²) in [6, 6.07) is 8.25. The molecule has 1 aromatic carbocycles. The normalized spacial score (nSPS) is 10.7. The monoisotopic (exact) mass is 338 g/mol. The van der Waals surface area contributed by atoms with Crippen LogP contribution in [-0.2, 0) is 6.42 Å². The number of carbonyl (C=O) groups is 1. The van der Waals surface area contributed by atoms with Gasteiger partial charge in [0.25, 0.3) is 0 Å². The van der Waals surface area contributed by atoms with Crippen LogP contribution < -0.4 is 0 Å². The molecule has 0 fully saturated rings. The number of aryl methyl sites for hydroxylation is 1. The number of Topliss-reactive ketones (excluding diaryl/α,β-unsaturated/α-hetero) is 1. The van der Waals surface area contributed by atoms with Gasteiger partial charge in [0.1, 0.15) is 0 Å². The van der Waals surface area contributed by atoms with E-state index in [4.69, 9.17) is 0 Å². The minimum atomic E-state index is 0.289. The second-order valence-corrected chi connectivity index (χ2v) is 6.22. The molecule has 1 aromatic rings. The fourth-order valence-electron chi connectivity index (χ4n) is 2.31. The molecule has 0 aliphatic carbocycles. The third kappa shape index (κ3) is 7.23. The van der Waals surface area contributed by atoms with Gasteiger partial charge in [0, 0.05) is 17.3 Å². The molecule has 2 heteroatoms. The molecule has 1 nitrogen and oxygen atoms in total. The Bertz CT molecular complexity index is 370. The minimum absolute atomic E-state index is 0.289. The molecule has 0 atom stereocenters. The molecule has 0 saturated carbocycles. The van der Waals surface area contributed by atoms with Crippen molar-refractivity contribution in [2.75, 3.05) is 5.33 Å². The van der Waals surface area contributed by atoms with Crippen LogP contribution in [0.4, 0.5) is 0 Å². The van der Waals surface area contributed by atoms with Crippen molar-refractivity contribution >= 4 is 21.7 Å². The van der Waals surface area contributed by atoms with Crippen molar-refractivity contribution in [2.24, 2.45) is 0 Å². The highest BCUT2D eigenvalue weighted by Gasteiger charge is 2.05. The zero-order chi connectivity index (χ0) is 14.6. The second kappa shape index (κ2) is 11.1. The molecule has 0 spiro atoms. The predicted molar refractivity (Wildman–Crippen MR) is 90.9 cm³/mol. The average molecular weight is 339 g/mol. The van der Waals surface area contributed by atoms with Gasteiger partial charge in [-0.1, -0.05) is 72.8 Å². The van der Waals surface area contributed by atoms with E-state index in [-0.39, 0.29) is 5.78 Å². The lowest BCUT2D eigenvalue weighted by Gasteiger charge is -2.04. The maximum absolute atomic E-state index is 12.0. The largest absolute Gasteiger partial charge is 0.294 e. The number of hydrogen-bond acceptors (Lipinski definition) is 1. The van der Waals surface area contributed by atoms with E-state index in [1.54, 1.807) is 0 Å². The van der Waals surface area contributed by atoms with E-state index in [2.05, 4.69) is 35.0 Å². The fraction of sp³-hybridized carbons (Fsp3) is 0.611. The lowest BCUT2D eigenvalue weighted by atomic mass is 10.0. The van der Waals surface area contributed by atoms with Gasteiger partial charge in [0.15, 0.2) is 5.78 Å². The Morgan fingerprint density at radius 3 is 2.30 bits per heavy atom. The van der Waals surface area contributed by atoms with Crippen molar-refractivity contribution in [3.63, 3.8) is 0 Å². The number of carbonyl (C=O) groups excluding carboxylic acids is 1. The summed E-state index contributed by atoms with van der Waals surface area (Å²) in [5.74, 6) is 0.289. The van der Waals surface area contributed by atoms with E-state index in [0.29, 0.717) is 6.42 Å². The molecular formula is C18H27BrO. The van der Waals surface area contributed by atoms with Gasteiger partial charge in [0.05, 0.1) is 0 Å². The Morgan fingerprint density at radius 2 is 1.65 bits per heavy atom. The quantitative estimate of drug-likeness (QED) is 0.277. The van der Waals surface area contributed by atoms with Gasteiger partial charge < -0.3 is 0 Å². The van der Waals surface area contributed by atoms with E-state index in [1.165, 1.54) is 31.2 Å². The number of halogens is 1. The number of hydrogen-bond donors (Lipinski definition) is 0. The topological polar surface area (TPSA) is 17.1 Å². The van der Waals surface area contributed by atoms with Crippen molar-refractivity contribution in [3.8, 4) is 0 Å². The smallest absolute Gasteiger partial charge is 0.162 e. The molecule has 112 valence electrons. The zero-order valence-electron chi connectivity index (χ0n) is 12.7. The molecule has 0 unspecified atom stereocenters. The van der Waals surface area contributed by atoms with Crippen LogP contribution in [0.5, 0.6) is 0 Å². The Hall–Kier alpha value is -0.630. The summed E-state index contributed by atoms with van der Waals surface area (Å²) in [7, 11) is 0. The second-order valence-electron chi connectivity index (χ2n) is 5.43. The number of ketones is 1.